The van der Waals surface area contributed by atoms with E-state index >= 15 is 0 Å². The highest BCUT2D eigenvalue weighted by molar-refractivity contribution is 5.82. The molecule has 1 fully saturated rings. The Bertz CT molecular complexity index is 439. The summed E-state index contributed by atoms with van der Waals surface area (Å²) in [6.07, 6.45) is 2.39. The third-order valence-corrected chi connectivity index (χ3v) is 4.14. The van der Waals surface area contributed by atoms with Crippen molar-refractivity contribution in [2.24, 2.45) is 22.2 Å². The molecule has 0 saturated carbocycles. The van der Waals surface area contributed by atoms with E-state index in [1.807, 2.05) is 30.3 Å². The normalized spacial score (nSPS) is 18.2. The van der Waals surface area contributed by atoms with Crippen LogP contribution in [0.4, 0.5) is 5.69 Å². The number of nitrogens with zero attached hydrogens (tertiary/aromatic N) is 2. The molecule has 0 atom stereocenters. The van der Waals surface area contributed by atoms with Gasteiger partial charge in [0.05, 0.1) is 5.69 Å². The molecule has 0 spiro atoms. The van der Waals surface area contributed by atoms with Gasteiger partial charge in [-0.3, -0.25) is 5.43 Å². The number of benzene rings is 1. The SMILES string of the molecule is CC(C)(C)C1CCN(C(=Nc2ccccc2)NN)CC1. The van der Waals surface area contributed by atoms with E-state index in [9.17, 15) is 0 Å². The fraction of sp³-hybridized carbons (Fsp3) is 0.562. The first-order valence-electron chi connectivity index (χ1n) is 7.36. The van der Waals surface area contributed by atoms with Crippen molar-refractivity contribution >= 4 is 11.6 Å². The molecule has 2 rings (SSSR count). The van der Waals surface area contributed by atoms with Crippen LogP contribution >= 0.6 is 0 Å². The second-order valence-corrected chi connectivity index (χ2v) is 6.54. The number of piperidine rings is 1. The predicted octanol–water partition coefficient (Wildman–Crippen LogP) is 2.90. The summed E-state index contributed by atoms with van der Waals surface area (Å²) in [5, 5.41) is 0. The van der Waals surface area contributed by atoms with Crippen molar-refractivity contribution in [3.05, 3.63) is 30.3 Å². The second kappa shape index (κ2) is 6.27. The van der Waals surface area contributed by atoms with Gasteiger partial charge in [-0.15, -0.1) is 0 Å². The summed E-state index contributed by atoms with van der Waals surface area (Å²) in [7, 11) is 0. The van der Waals surface area contributed by atoms with Crippen LogP contribution in [0.5, 0.6) is 0 Å². The van der Waals surface area contributed by atoms with E-state index in [1.165, 1.54) is 12.8 Å². The maximum absolute atomic E-state index is 5.65. The summed E-state index contributed by atoms with van der Waals surface area (Å²) in [5.41, 5.74) is 4.07. The van der Waals surface area contributed by atoms with Crippen molar-refractivity contribution in [1.82, 2.24) is 10.3 Å². The van der Waals surface area contributed by atoms with E-state index in [1.54, 1.807) is 0 Å². The van der Waals surface area contributed by atoms with Crippen LogP contribution in [-0.2, 0) is 0 Å². The maximum Gasteiger partial charge on any atom is 0.213 e. The minimum Gasteiger partial charge on any atom is -0.342 e. The molecule has 20 heavy (non-hydrogen) atoms. The third kappa shape index (κ3) is 3.73. The fourth-order valence-electron chi connectivity index (χ4n) is 2.78. The predicted molar refractivity (Wildman–Crippen MR) is 84.6 cm³/mol. The Morgan fingerprint density at radius 2 is 1.80 bits per heavy atom. The number of nitrogens with one attached hydrogen (secondary N) is 1. The van der Waals surface area contributed by atoms with Crippen molar-refractivity contribution in [2.75, 3.05) is 13.1 Å². The summed E-state index contributed by atoms with van der Waals surface area (Å²) < 4.78 is 0. The molecular formula is C16H26N4. The number of likely N-dealkylation sites (tertiary alicyclic amines) is 1. The smallest absolute Gasteiger partial charge is 0.213 e. The van der Waals surface area contributed by atoms with Gasteiger partial charge >= 0.3 is 0 Å². The molecule has 1 heterocycles. The van der Waals surface area contributed by atoms with Crippen LogP contribution < -0.4 is 11.3 Å². The number of aliphatic imine (C=N–C) groups is 1. The lowest BCUT2D eigenvalue weighted by Gasteiger charge is -2.39. The quantitative estimate of drug-likeness (QED) is 0.358. The fourth-order valence-corrected chi connectivity index (χ4v) is 2.78. The molecule has 0 aromatic heterocycles. The molecule has 0 amide bonds. The summed E-state index contributed by atoms with van der Waals surface area (Å²) in [6, 6.07) is 9.93. The van der Waals surface area contributed by atoms with Gasteiger partial charge in [0.2, 0.25) is 5.96 Å². The van der Waals surface area contributed by atoms with E-state index in [0.717, 1.165) is 30.7 Å². The standard InChI is InChI=1S/C16H26N4/c1-16(2,3)13-9-11-20(12-10-13)15(19-17)18-14-7-5-4-6-8-14/h4-8,13H,9-12,17H2,1-3H3,(H,18,19). The Morgan fingerprint density at radius 1 is 1.20 bits per heavy atom. The van der Waals surface area contributed by atoms with Crippen LogP contribution in [0.15, 0.2) is 35.3 Å². The topological polar surface area (TPSA) is 53.6 Å². The van der Waals surface area contributed by atoms with Gasteiger partial charge in [0.25, 0.3) is 0 Å². The number of rotatable bonds is 1. The first kappa shape index (κ1) is 14.9. The average Bonchev–Trinajstić information content (AvgIpc) is 2.45. The van der Waals surface area contributed by atoms with Crippen molar-refractivity contribution in [1.29, 1.82) is 0 Å². The van der Waals surface area contributed by atoms with Gasteiger partial charge in [-0.1, -0.05) is 39.0 Å². The molecule has 0 aliphatic carbocycles. The highest BCUT2D eigenvalue weighted by Gasteiger charge is 2.29. The zero-order chi connectivity index (χ0) is 14.6. The lowest BCUT2D eigenvalue weighted by atomic mass is 9.75. The monoisotopic (exact) mass is 274 g/mol. The Labute approximate surface area is 122 Å². The van der Waals surface area contributed by atoms with E-state index in [0.29, 0.717) is 5.41 Å². The van der Waals surface area contributed by atoms with Crippen molar-refractivity contribution < 1.29 is 0 Å². The minimum absolute atomic E-state index is 0.388. The van der Waals surface area contributed by atoms with Gasteiger partial charge < -0.3 is 4.90 Å². The molecule has 4 heteroatoms. The molecule has 0 unspecified atom stereocenters. The summed E-state index contributed by atoms with van der Waals surface area (Å²) >= 11 is 0. The van der Waals surface area contributed by atoms with Gasteiger partial charge in [-0.2, -0.15) is 0 Å². The van der Waals surface area contributed by atoms with E-state index in [-0.39, 0.29) is 0 Å². The van der Waals surface area contributed by atoms with Crippen molar-refractivity contribution in [3.63, 3.8) is 0 Å². The van der Waals surface area contributed by atoms with E-state index in [4.69, 9.17) is 5.84 Å². The second-order valence-electron chi connectivity index (χ2n) is 6.54. The number of hydrogen-bond acceptors (Lipinski definition) is 2. The molecule has 4 nitrogen and oxygen atoms in total. The van der Waals surface area contributed by atoms with Gasteiger partial charge in [-0.05, 0) is 36.3 Å². The molecule has 0 bridgehead atoms. The average molecular weight is 274 g/mol. The Balaban J connectivity index is 2.03. The molecular weight excluding hydrogens is 248 g/mol. The van der Waals surface area contributed by atoms with Crippen molar-refractivity contribution in [2.45, 2.75) is 33.6 Å². The molecule has 1 saturated heterocycles. The first-order valence-corrected chi connectivity index (χ1v) is 7.36. The van der Waals surface area contributed by atoms with Gasteiger partial charge in [0.1, 0.15) is 0 Å². The van der Waals surface area contributed by atoms with Crippen LogP contribution in [0.3, 0.4) is 0 Å². The zero-order valence-corrected chi connectivity index (χ0v) is 12.8. The number of nitrogens with two attached hydrogens (primary N) is 1. The van der Waals surface area contributed by atoms with E-state index < -0.39 is 0 Å². The molecule has 1 aliphatic rings. The van der Waals surface area contributed by atoms with Gasteiger partial charge in [0.15, 0.2) is 0 Å². The zero-order valence-electron chi connectivity index (χ0n) is 12.8. The van der Waals surface area contributed by atoms with Crippen LogP contribution in [0.25, 0.3) is 0 Å². The highest BCUT2D eigenvalue weighted by atomic mass is 15.4. The molecule has 1 aliphatic heterocycles. The summed E-state index contributed by atoms with van der Waals surface area (Å²) in [4.78, 5) is 6.84. The van der Waals surface area contributed by atoms with Gasteiger partial charge in [0, 0.05) is 13.1 Å². The third-order valence-electron chi connectivity index (χ3n) is 4.14. The first-order chi connectivity index (χ1) is 9.50. The Morgan fingerprint density at radius 3 is 2.30 bits per heavy atom. The van der Waals surface area contributed by atoms with Crippen LogP contribution in [-0.4, -0.2) is 23.9 Å². The van der Waals surface area contributed by atoms with Crippen molar-refractivity contribution in [3.8, 4) is 0 Å². The molecule has 3 N–H and O–H groups in total. The molecule has 1 aromatic carbocycles. The summed E-state index contributed by atoms with van der Waals surface area (Å²) in [6.45, 7) is 9.00. The number of guanidine groups is 1. The van der Waals surface area contributed by atoms with Crippen LogP contribution in [0, 0.1) is 11.3 Å². The summed E-state index contributed by atoms with van der Waals surface area (Å²) in [5.74, 6) is 7.19. The Kier molecular flexibility index (Phi) is 4.65. The number of hydrogen-bond donors (Lipinski definition) is 2. The maximum atomic E-state index is 5.65. The lowest BCUT2D eigenvalue weighted by molar-refractivity contribution is 0.147. The van der Waals surface area contributed by atoms with Gasteiger partial charge in [-0.25, -0.2) is 10.8 Å². The molecule has 0 radical (unpaired) electrons. The van der Waals surface area contributed by atoms with Crippen LogP contribution in [0.2, 0.25) is 0 Å². The minimum atomic E-state index is 0.388. The van der Waals surface area contributed by atoms with E-state index in [2.05, 4.69) is 36.1 Å². The molecule has 1 aromatic rings. The largest absolute Gasteiger partial charge is 0.342 e. The number of para-hydroxylation sites is 1. The highest BCUT2D eigenvalue weighted by Crippen LogP contribution is 2.34. The molecule has 110 valence electrons. The number of hydrazine groups is 1. The van der Waals surface area contributed by atoms with Crippen LogP contribution in [0.1, 0.15) is 33.6 Å². The lowest BCUT2D eigenvalue weighted by Crippen LogP contribution is -2.49. The Hall–Kier alpha value is -1.55.